The Morgan fingerprint density at radius 2 is 1.02 bits per heavy atom. The van der Waals surface area contributed by atoms with Gasteiger partial charge >= 0.3 is 0 Å². The Bertz CT molecular complexity index is 2270. The second kappa shape index (κ2) is 16.6. The van der Waals surface area contributed by atoms with E-state index in [1.807, 2.05) is 0 Å². The molecule has 8 rings (SSSR count). The number of hydrogen-bond donors (Lipinski definition) is 1. The van der Waals surface area contributed by atoms with Crippen LogP contribution in [0, 0.1) is 25.7 Å². The first-order valence-corrected chi connectivity index (χ1v) is 20.5. The van der Waals surface area contributed by atoms with Gasteiger partial charge in [-0.1, -0.05) is 128 Å². The minimum absolute atomic E-state index is 0.423. The van der Waals surface area contributed by atoms with Crippen molar-refractivity contribution in [1.29, 1.82) is 0 Å². The normalized spacial score (nSPS) is 20.6. The van der Waals surface area contributed by atoms with Crippen molar-refractivity contribution in [2.24, 2.45) is 11.8 Å². The Labute approximate surface area is 335 Å². The van der Waals surface area contributed by atoms with Gasteiger partial charge < -0.3 is 15.1 Å². The average Bonchev–Trinajstić information content (AvgIpc) is 3.22. The lowest BCUT2D eigenvalue weighted by Crippen LogP contribution is -2.41. The van der Waals surface area contributed by atoms with Crippen LogP contribution in [0.5, 0.6) is 0 Å². The molecule has 0 bridgehead atoms. The summed E-state index contributed by atoms with van der Waals surface area (Å²) >= 11 is 0. The quantitative estimate of drug-likeness (QED) is 0.154. The third-order valence-electron chi connectivity index (χ3n) is 11.7. The molecule has 3 heteroatoms. The van der Waals surface area contributed by atoms with Crippen molar-refractivity contribution in [3.8, 4) is 11.1 Å². The van der Waals surface area contributed by atoms with E-state index in [0.29, 0.717) is 23.9 Å². The number of nitrogens with zero attached hydrogens (tertiary/aromatic N) is 2. The van der Waals surface area contributed by atoms with Crippen LogP contribution in [-0.4, -0.2) is 12.1 Å². The number of rotatable bonds is 10. The predicted octanol–water partition coefficient (Wildman–Crippen LogP) is 14.1. The van der Waals surface area contributed by atoms with Crippen molar-refractivity contribution in [2.45, 2.75) is 72.4 Å². The van der Waals surface area contributed by atoms with Crippen LogP contribution in [0.25, 0.3) is 16.7 Å². The molecule has 0 spiro atoms. The minimum Gasteiger partial charge on any atom is -0.311 e. The highest BCUT2D eigenvalue weighted by Gasteiger charge is 2.23. The first-order valence-electron chi connectivity index (χ1n) is 20.5. The van der Waals surface area contributed by atoms with Crippen LogP contribution in [-0.2, 0) is 0 Å². The molecule has 56 heavy (non-hydrogen) atoms. The molecule has 0 fully saturated rings. The zero-order valence-electron chi connectivity index (χ0n) is 33.6. The van der Waals surface area contributed by atoms with Crippen LogP contribution in [0.1, 0.15) is 63.1 Å². The molecule has 0 aliphatic heterocycles. The van der Waals surface area contributed by atoms with Crippen LogP contribution in [0.3, 0.4) is 0 Å². The van der Waals surface area contributed by atoms with Gasteiger partial charge in [0.25, 0.3) is 0 Å². The van der Waals surface area contributed by atoms with E-state index in [9.17, 15) is 0 Å². The molecule has 0 amide bonds. The molecular weight excluding hydrogens is 679 g/mol. The fourth-order valence-corrected chi connectivity index (χ4v) is 8.33. The zero-order chi connectivity index (χ0) is 38.6. The SMILES string of the molecule is CC1=CC(C)C(NC2CC=C(c3ccc(N(c4ccc(C)cc4)c4ccc(-c5ccc(N(C6=CCC(C)C=C6)c6ccc(C)cc6)cc5)cc4)cc3)CC2)C=C1. The Balaban J connectivity index is 1.01. The molecule has 282 valence electrons. The van der Waals surface area contributed by atoms with Gasteiger partial charge in [0.2, 0.25) is 0 Å². The Hall–Kier alpha value is -5.64. The summed E-state index contributed by atoms with van der Waals surface area (Å²) in [5, 5.41) is 3.92. The van der Waals surface area contributed by atoms with E-state index in [0.717, 1.165) is 48.4 Å². The van der Waals surface area contributed by atoms with E-state index in [1.165, 1.54) is 50.3 Å². The summed E-state index contributed by atoms with van der Waals surface area (Å²) in [6.07, 6.45) is 20.8. The molecule has 5 aromatic carbocycles. The first kappa shape index (κ1) is 37.3. The summed E-state index contributed by atoms with van der Waals surface area (Å²) in [7, 11) is 0. The van der Waals surface area contributed by atoms with Crippen molar-refractivity contribution in [3.63, 3.8) is 0 Å². The number of allylic oxidation sites excluding steroid dienone is 6. The fraction of sp³-hybridized carbons (Fsp3) is 0.245. The highest BCUT2D eigenvalue weighted by Crippen LogP contribution is 2.39. The molecule has 0 saturated heterocycles. The van der Waals surface area contributed by atoms with E-state index in [2.05, 4.69) is 214 Å². The predicted molar refractivity (Wildman–Crippen MR) is 240 cm³/mol. The fourth-order valence-electron chi connectivity index (χ4n) is 8.33. The molecular formula is C53H55N3. The smallest absolute Gasteiger partial charge is 0.0462 e. The van der Waals surface area contributed by atoms with Gasteiger partial charge in [0, 0.05) is 46.2 Å². The van der Waals surface area contributed by atoms with Gasteiger partial charge in [0.15, 0.2) is 0 Å². The Kier molecular flexibility index (Phi) is 11.1. The van der Waals surface area contributed by atoms with Crippen LogP contribution in [0.15, 0.2) is 175 Å². The average molecular weight is 734 g/mol. The maximum absolute atomic E-state index is 3.92. The van der Waals surface area contributed by atoms with Crippen molar-refractivity contribution in [1.82, 2.24) is 5.32 Å². The van der Waals surface area contributed by atoms with Crippen molar-refractivity contribution in [2.75, 3.05) is 9.80 Å². The zero-order valence-corrected chi connectivity index (χ0v) is 33.6. The number of anilines is 5. The topological polar surface area (TPSA) is 18.5 Å². The number of aryl methyl sites for hydroxylation is 2. The second-order valence-corrected chi connectivity index (χ2v) is 16.2. The van der Waals surface area contributed by atoms with Crippen molar-refractivity contribution < 1.29 is 0 Å². The molecule has 3 nitrogen and oxygen atoms in total. The molecule has 0 heterocycles. The highest BCUT2D eigenvalue weighted by atomic mass is 15.1. The molecule has 0 aromatic heterocycles. The first-order chi connectivity index (χ1) is 27.3. The van der Waals surface area contributed by atoms with Crippen LogP contribution >= 0.6 is 0 Å². The maximum Gasteiger partial charge on any atom is 0.0462 e. The van der Waals surface area contributed by atoms with Gasteiger partial charge in [-0.15, -0.1) is 0 Å². The summed E-state index contributed by atoms with van der Waals surface area (Å²) in [4.78, 5) is 4.74. The molecule has 3 aliphatic carbocycles. The number of nitrogens with one attached hydrogen (secondary N) is 1. The summed E-state index contributed by atoms with van der Waals surface area (Å²) < 4.78 is 0. The third-order valence-corrected chi connectivity index (χ3v) is 11.7. The van der Waals surface area contributed by atoms with Gasteiger partial charge in [-0.2, -0.15) is 0 Å². The molecule has 3 aliphatic rings. The van der Waals surface area contributed by atoms with E-state index in [4.69, 9.17) is 0 Å². The molecule has 1 N–H and O–H groups in total. The van der Waals surface area contributed by atoms with Gasteiger partial charge in [-0.05, 0) is 147 Å². The van der Waals surface area contributed by atoms with E-state index >= 15 is 0 Å². The van der Waals surface area contributed by atoms with Gasteiger partial charge in [-0.25, -0.2) is 0 Å². The Morgan fingerprint density at radius 3 is 1.48 bits per heavy atom. The van der Waals surface area contributed by atoms with Crippen LogP contribution in [0.2, 0.25) is 0 Å². The van der Waals surface area contributed by atoms with Gasteiger partial charge in [0.05, 0.1) is 0 Å². The molecule has 5 aromatic rings. The molecule has 4 atom stereocenters. The summed E-state index contributed by atoms with van der Waals surface area (Å²) in [6.45, 7) is 11.1. The van der Waals surface area contributed by atoms with Crippen molar-refractivity contribution >= 4 is 34.0 Å². The van der Waals surface area contributed by atoms with E-state index < -0.39 is 0 Å². The van der Waals surface area contributed by atoms with Crippen LogP contribution < -0.4 is 15.1 Å². The summed E-state index contributed by atoms with van der Waals surface area (Å²) in [5.74, 6) is 1.10. The largest absolute Gasteiger partial charge is 0.311 e. The van der Waals surface area contributed by atoms with Crippen LogP contribution in [0.4, 0.5) is 28.4 Å². The monoisotopic (exact) mass is 733 g/mol. The summed E-state index contributed by atoms with van der Waals surface area (Å²) in [6, 6.07) is 45.8. The lowest BCUT2D eigenvalue weighted by Gasteiger charge is -2.31. The molecule has 0 saturated carbocycles. The highest BCUT2D eigenvalue weighted by molar-refractivity contribution is 5.80. The standard InChI is InChI=1S/C53H55N3/c1-37-6-23-47(24-7-37)55(48-25-8-38(2)9-26-48)50-31-17-44(18-32-50)45-19-33-52(34-20-45)56(49-27-10-39(3)11-28-49)51-29-15-43(16-30-51)42-13-21-46(22-14-42)54-53-35-12-40(4)36-41(53)5/h6-8,10-13,15-20,23-36,38,41,46,53-54H,9,14,21-22H2,1-5H3. The second-order valence-electron chi connectivity index (χ2n) is 16.2. The van der Waals surface area contributed by atoms with E-state index in [-0.39, 0.29) is 0 Å². The summed E-state index contributed by atoms with van der Waals surface area (Å²) in [5.41, 5.74) is 16.1. The lowest BCUT2D eigenvalue weighted by molar-refractivity contribution is 0.398. The maximum atomic E-state index is 3.92. The minimum atomic E-state index is 0.423. The number of benzene rings is 5. The number of hydrogen-bond acceptors (Lipinski definition) is 3. The van der Waals surface area contributed by atoms with Gasteiger partial charge in [0.1, 0.15) is 0 Å². The third kappa shape index (κ3) is 8.44. The van der Waals surface area contributed by atoms with E-state index in [1.54, 1.807) is 0 Å². The Morgan fingerprint density at radius 1 is 0.518 bits per heavy atom. The molecule has 4 unspecified atom stereocenters. The molecule has 0 radical (unpaired) electrons. The van der Waals surface area contributed by atoms with Gasteiger partial charge in [-0.3, -0.25) is 0 Å². The lowest BCUT2D eigenvalue weighted by atomic mass is 9.88. The van der Waals surface area contributed by atoms with Crippen molar-refractivity contribution in [3.05, 3.63) is 192 Å².